The molecule has 3 aromatic rings. The van der Waals surface area contributed by atoms with Gasteiger partial charge in [-0.05, 0) is 31.3 Å². The first-order valence-corrected chi connectivity index (χ1v) is 8.80. The van der Waals surface area contributed by atoms with E-state index >= 15 is 0 Å². The third kappa shape index (κ3) is 3.79. The summed E-state index contributed by atoms with van der Waals surface area (Å²) in [4.78, 5) is 17.7. The lowest BCUT2D eigenvalue weighted by molar-refractivity contribution is 0.305. The number of hydrogen-bond acceptors (Lipinski definition) is 7. The van der Waals surface area contributed by atoms with Crippen LogP contribution in [0, 0.1) is 0 Å². The van der Waals surface area contributed by atoms with Crippen LogP contribution in [0.3, 0.4) is 0 Å². The minimum atomic E-state index is 0.593. The highest BCUT2D eigenvalue weighted by molar-refractivity contribution is 6.30. The van der Waals surface area contributed by atoms with Crippen molar-refractivity contribution in [3.8, 4) is 11.5 Å². The van der Waals surface area contributed by atoms with Gasteiger partial charge in [0, 0.05) is 32.4 Å². The first kappa shape index (κ1) is 16.8. The van der Waals surface area contributed by atoms with Gasteiger partial charge in [0.15, 0.2) is 5.76 Å². The molecule has 8 heteroatoms. The van der Waals surface area contributed by atoms with Crippen LogP contribution in [0.25, 0.3) is 11.5 Å². The summed E-state index contributed by atoms with van der Waals surface area (Å²) in [7, 11) is 2.12. The molecule has 1 aliphatic rings. The molecule has 7 nitrogen and oxygen atoms in total. The van der Waals surface area contributed by atoms with Crippen LogP contribution < -0.4 is 10.2 Å². The van der Waals surface area contributed by atoms with Gasteiger partial charge in [-0.25, -0.2) is 15.0 Å². The summed E-state index contributed by atoms with van der Waals surface area (Å²) in [5.74, 6) is 2.00. The van der Waals surface area contributed by atoms with Crippen molar-refractivity contribution in [1.29, 1.82) is 0 Å². The smallest absolute Gasteiger partial charge is 0.297 e. The molecular weight excluding hydrogens is 352 g/mol. The highest BCUT2D eigenvalue weighted by Crippen LogP contribution is 2.25. The summed E-state index contributed by atoms with van der Waals surface area (Å²) >= 11 is 5.86. The Morgan fingerprint density at radius 1 is 1.00 bits per heavy atom. The molecule has 0 aromatic carbocycles. The average molecular weight is 371 g/mol. The molecule has 26 heavy (non-hydrogen) atoms. The Morgan fingerprint density at radius 3 is 2.62 bits per heavy atom. The number of nitrogens with one attached hydrogen (secondary N) is 1. The number of piperazine rings is 1. The second kappa shape index (κ2) is 7.31. The Morgan fingerprint density at radius 2 is 1.85 bits per heavy atom. The van der Waals surface area contributed by atoms with E-state index in [2.05, 4.69) is 37.1 Å². The van der Waals surface area contributed by atoms with Crippen molar-refractivity contribution in [3.63, 3.8) is 0 Å². The van der Waals surface area contributed by atoms with Gasteiger partial charge in [0.1, 0.15) is 17.3 Å². The Labute approximate surface area is 156 Å². The van der Waals surface area contributed by atoms with Crippen LogP contribution in [0.4, 0.5) is 17.7 Å². The topological polar surface area (TPSA) is 70.3 Å². The predicted octanol–water partition coefficient (Wildman–Crippen LogP) is 3.28. The molecule has 1 fully saturated rings. The second-order valence-electron chi connectivity index (χ2n) is 6.19. The molecule has 0 atom stereocenters. The molecule has 1 saturated heterocycles. The van der Waals surface area contributed by atoms with Crippen molar-refractivity contribution >= 4 is 29.3 Å². The third-order valence-corrected chi connectivity index (χ3v) is 4.48. The van der Waals surface area contributed by atoms with E-state index in [1.165, 1.54) is 0 Å². The molecule has 134 valence electrons. The van der Waals surface area contributed by atoms with Crippen LogP contribution in [0.1, 0.15) is 0 Å². The number of oxazole rings is 1. The van der Waals surface area contributed by atoms with Crippen molar-refractivity contribution < 1.29 is 4.42 Å². The van der Waals surface area contributed by atoms with Gasteiger partial charge in [-0.2, -0.15) is 0 Å². The van der Waals surface area contributed by atoms with Crippen molar-refractivity contribution in [2.45, 2.75) is 0 Å². The lowest BCUT2D eigenvalue weighted by atomic mass is 10.3. The number of halogens is 1. The van der Waals surface area contributed by atoms with Crippen molar-refractivity contribution in [3.05, 3.63) is 47.7 Å². The number of hydrogen-bond donors (Lipinski definition) is 1. The molecule has 1 N–H and O–H groups in total. The highest BCUT2D eigenvalue weighted by Gasteiger charge is 2.19. The van der Waals surface area contributed by atoms with Gasteiger partial charge in [0.25, 0.3) is 6.01 Å². The summed E-state index contributed by atoms with van der Waals surface area (Å²) < 4.78 is 5.94. The normalized spacial score (nSPS) is 15.2. The summed E-state index contributed by atoms with van der Waals surface area (Å²) in [6.07, 6.45) is 3.31. The number of pyridine rings is 2. The summed E-state index contributed by atoms with van der Waals surface area (Å²) in [5.41, 5.74) is 0.719. The zero-order chi connectivity index (χ0) is 17.9. The van der Waals surface area contributed by atoms with Gasteiger partial charge in [-0.1, -0.05) is 17.7 Å². The zero-order valence-corrected chi connectivity index (χ0v) is 15.1. The Kier molecular flexibility index (Phi) is 4.73. The molecule has 4 heterocycles. The van der Waals surface area contributed by atoms with Crippen LogP contribution in [0.15, 0.2) is 47.1 Å². The monoisotopic (exact) mass is 370 g/mol. The molecule has 1 aliphatic heterocycles. The number of aromatic nitrogens is 3. The third-order valence-electron chi connectivity index (χ3n) is 4.25. The number of nitrogens with zero attached hydrogens (tertiary/aromatic N) is 5. The molecule has 0 spiro atoms. The standard InChI is InChI=1S/C18H19ClN6O/c1-24-7-9-25(10-8-24)18-21-12-15(26-18)14-3-2-4-17(22-14)23-16-6-5-13(19)11-20-16/h2-6,11-12H,7-10H2,1H3,(H,20,22,23). The average Bonchev–Trinajstić information content (AvgIpc) is 3.15. The predicted molar refractivity (Wildman–Crippen MR) is 102 cm³/mol. The van der Waals surface area contributed by atoms with Crippen molar-refractivity contribution in [1.82, 2.24) is 19.9 Å². The van der Waals surface area contributed by atoms with Gasteiger partial charge >= 0.3 is 0 Å². The van der Waals surface area contributed by atoms with Gasteiger partial charge in [-0.15, -0.1) is 0 Å². The fourth-order valence-corrected chi connectivity index (χ4v) is 2.86. The van der Waals surface area contributed by atoms with Gasteiger partial charge in [-0.3, -0.25) is 0 Å². The van der Waals surface area contributed by atoms with E-state index in [0.717, 1.165) is 31.9 Å². The number of anilines is 3. The highest BCUT2D eigenvalue weighted by atomic mass is 35.5. The minimum Gasteiger partial charge on any atom is -0.422 e. The Bertz CT molecular complexity index is 873. The van der Waals surface area contributed by atoms with Crippen LogP contribution in [-0.2, 0) is 0 Å². The van der Waals surface area contributed by atoms with Crippen molar-refractivity contribution in [2.24, 2.45) is 0 Å². The van der Waals surface area contributed by atoms with E-state index in [1.807, 2.05) is 18.2 Å². The van der Waals surface area contributed by atoms with E-state index in [0.29, 0.717) is 28.4 Å². The first-order valence-electron chi connectivity index (χ1n) is 8.43. The molecule has 0 bridgehead atoms. The van der Waals surface area contributed by atoms with E-state index < -0.39 is 0 Å². The lowest BCUT2D eigenvalue weighted by Gasteiger charge is -2.31. The zero-order valence-electron chi connectivity index (χ0n) is 14.4. The quantitative estimate of drug-likeness (QED) is 0.755. The van der Waals surface area contributed by atoms with Crippen molar-refractivity contribution in [2.75, 3.05) is 43.4 Å². The molecule has 0 unspecified atom stereocenters. The van der Waals surface area contributed by atoms with E-state index in [9.17, 15) is 0 Å². The maximum absolute atomic E-state index is 5.94. The fourth-order valence-electron chi connectivity index (χ4n) is 2.75. The van der Waals surface area contributed by atoms with Gasteiger partial charge in [0.2, 0.25) is 0 Å². The molecular formula is C18H19ClN6O. The fraction of sp³-hybridized carbons (Fsp3) is 0.278. The summed E-state index contributed by atoms with van der Waals surface area (Å²) in [5, 5.41) is 3.75. The molecule has 0 aliphatic carbocycles. The van der Waals surface area contributed by atoms with Crippen LogP contribution >= 0.6 is 11.6 Å². The molecule has 0 saturated carbocycles. The maximum Gasteiger partial charge on any atom is 0.297 e. The van der Waals surface area contributed by atoms with Crippen LogP contribution in [0.5, 0.6) is 0 Å². The molecule has 0 amide bonds. The van der Waals surface area contributed by atoms with E-state index in [1.54, 1.807) is 24.5 Å². The lowest BCUT2D eigenvalue weighted by Crippen LogP contribution is -2.44. The second-order valence-corrected chi connectivity index (χ2v) is 6.63. The Hall–Kier alpha value is -2.64. The molecule has 0 radical (unpaired) electrons. The number of rotatable bonds is 4. The first-order chi connectivity index (χ1) is 12.7. The van der Waals surface area contributed by atoms with E-state index in [4.69, 9.17) is 16.0 Å². The molecule has 4 rings (SSSR count). The Balaban J connectivity index is 1.50. The summed E-state index contributed by atoms with van der Waals surface area (Å²) in [6, 6.07) is 9.91. The largest absolute Gasteiger partial charge is 0.422 e. The molecule has 3 aromatic heterocycles. The van der Waals surface area contributed by atoms with Crippen LogP contribution in [-0.4, -0.2) is 53.1 Å². The minimum absolute atomic E-state index is 0.593. The summed E-state index contributed by atoms with van der Waals surface area (Å²) in [6.45, 7) is 3.83. The SMILES string of the molecule is CN1CCN(c2ncc(-c3cccc(Nc4ccc(Cl)cn4)n3)o2)CC1. The maximum atomic E-state index is 5.94. The van der Waals surface area contributed by atoms with Crippen LogP contribution in [0.2, 0.25) is 5.02 Å². The van der Waals surface area contributed by atoms with Gasteiger partial charge < -0.3 is 19.5 Å². The van der Waals surface area contributed by atoms with E-state index in [-0.39, 0.29) is 0 Å². The van der Waals surface area contributed by atoms with Gasteiger partial charge in [0.05, 0.1) is 11.2 Å². The number of likely N-dealkylation sites (N-methyl/N-ethyl adjacent to an activating group) is 1.